The SMILES string of the molecule is CCn1c(Cc2ccccc2)nnc1SCC(=O)Nc1nc(-c2cc(OC)ccc2OC)cs1. The van der Waals surface area contributed by atoms with Crippen LogP contribution in [-0.2, 0) is 17.8 Å². The van der Waals surface area contributed by atoms with E-state index in [2.05, 4.69) is 32.6 Å². The summed E-state index contributed by atoms with van der Waals surface area (Å²) in [5, 5.41) is 14.6. The first-order valence-corrected chi connectivity index (χ1v) is 12.5. The molecule has 0 unspecified atom stereocenters. The molecule has 0 atom stereocenters. The molecule has 0 saturated carbocycles. The van der Waals surface area contributed by atoms with Crippen LogP contribution in [0.4, 0.5) is 5.13 Å². The molecule has 4 rings (SSSR count). The van der Waals surface area contributed by atoms with E-state index >= 15 is 0 Å². The molecule has 2 aromatic carbocycles. The summed E-state index contributed by atoms with van der Waals surface area (Å²) in [6, 6.07) is 15.7. The minimum Gasteiger partial charge on any atom is -0.497 e. The van der Waals surface area contributed by atoms with Crippen LogP contribution in [0.5, 0.6) is 11.5 Å². The molecule has 0 aliphatic rings. The summed E-state index contributed by atoms with van der Waals surface area (Å²) in [6.45, 7) is 2.78. The van der Waals surface area contributed by atoms with Crippen LogP contribution in [0.25, 0.3) is 11.3 Å². The van der Waals surface area contributed by atoms with Gasteiger partial charge in [-0.05, 0) is 30.7 Å². The summed E-state index contributed by atoms with van der Waals surface area (Å²) < 4.78 is 12.8. The van der Waals surface area contributed by atoms with E-state index in [0.29, 0.717) is 28.7 Å². The first-order valence-electron chi connectivity index (χ1n) is 10.7. The zero-order valence-corrected chi connectivity index (χ0v) is 20.8. The Bertz CT molecular complexity index is 1260. The standard InChI is InChI=1S/C24H25N5O3S2/c1-4-29-21(12-16-8-6-5-7-9-16)27-28-24(29)34-15-22(30)26-23-25-19(14-33-23)18-13-17(31-2)10-11-20(18)32-3/h5-11,13-14H,4,12,15H2,1-3H3,(H,25,26,30). The van der Waals surface area contributed by atoms with Crippen LogP contribution in [0.15, 0.2) is 59.1 Å². The van der Waals surface area contributed by atoms with Gasteiger partial charge in [0.25, 0.3) is 0 Å². The lowest BCUT2D eigenvalue weighted by Crippen LogP contribution is -2.14. The number of nitrogens with one attached hydrogen (secondary N) is 1. The fourth-order valence-corrected chi connectivity index (χ4v) is 4.96. The van der Waals surface area contributed by atoms with Crippen LogP contribution in [0.1, 0.15) is 18.3 Å². The van der Waals surface area contributed by atoms with Crippen molar-refractivity contribution in [2.45, 2.75) is 25.0 Å². The molecule has 0 aliphatic heterocycles. The number of thiazole rings is 1. The van der Waals surface area contributed by atoms with Crippen molar-refractivity contribution in [2.75, 3.05) is 25.3 Å². The van der Waals surface area contributed by atoms with Gasteiger partial charge in [-0.3, -0.25) is 4.79 Å². The monoisotopic (exact) mass is 495 g/mol. The molecule has 0 fully saturated rings. The Morgan fingerprint density at radius 3 is 2.68 bits per heavy atom. The normalized spacial score (nSPS) is 10.8. The number of hydrogen-bond acceptors (Lipinski definition) is 8. The topological polar surface area (TPSA) is 91.2 Å². The van der Waals surface area contributed by atoms with Gasteiger partial charge in [-0.15, -0.1) is 21.5 Å². The quantitative estimate of drug-likeness (QED) is 0.317. The van der Waals surface area contributed by atoms with Gasteiger partial charge in [-0.25, -0.2) is 4.98 Å². The number of benzene rings is 2. The number of rotatable bonds is 10. The zero-order chi connectivity index (χ0) is 23.9. The first kappa shape index (κ1) is 23.8. The third-order valence-electron chi connectivity index (χ3n) is 5.08. The number of carbonyl (C=O) groups excluding carboxylic acids is 1. The number of hydrogen-bond donors (Lipinski definition) is 1. The number of thioether (sulfide) groups is 1. The maximum atomic E-state index is 12.6. The van der Waals surface area contributed by atoms with Crippen molar-refractivity contribution >= 4 is 34.1 Å². The van der Waals surface area contributed by atoms with Gasteiger partial charge in [0.15, 0.2) is 10.3 Å². The van der Waals surface area contributed by atoms with Crippen molar-refractivity contribution in [2.24, 2.45) is 0 Å². The minimum atomic E-state index is -0.154. The van der Waals surface area contributed by atoms with Crippen LogP contribution in [-0.4, -0.2) is 45.6 Å². The van der Waals surface area contributed by atoms with E-state index in [0.717, 1.165) is 23.1 Å². The third-order valence-corrected chi connectivity index (χ3v) is 6.80. The summed E-state index contributed by atoms with van der Waals surface area (Å²) >= 11 is 2.72. The molecular formula is C24H25N5O3S2. The van der Waals surface area contributed by atoms with Crippen molar-refractivity contribution in [3.05, 3.63) is 65.3 Å². The largest absolute Gasteiger partial charge is 0.497 e. The number of methoxy groups -OCH3 is 2. The van der Waals surface area contributed by atoms with E-state index in [1.165, 1.54) is 28.7 Å². The predicted octanol–water partition coefficient (Wildman–Crippen LogP) is 4.76. The van der Waals surface area contributed by atoms with Crippen LogP contribution >= 0.6 is 23.1 Å². The molecule has 10 heteroatoms. The summed E-state index contributed by atoms with van der Waals surface area (Å²) in [6.07, 6.45) is 0.698. The van der Waals surface area contributed by atoms with Crippen molar-refractivity contribution in [3.8, 4) is 22.8 Å². The van der Waals surface area contributed by atoms with Crippen molar-refractivity contribution < 1.29 is 14.3 Å². The fourth-order valence-electron chi connectivity index (χ4n) is 3.41. The summed E-state index contributed by atoms with van der Waals surface area (Å²) in [5.41, 5.74) is 2.68. The molecule has 0 bridgehead atoms. The Labute approximate surface area is 206 Å². The number of carbonyl (C=O) groups is 1. The number of amides is 1. The van der Waals surface area contributed by atoms with E-state index in [-0.39, 0.29) is 11.7 Å². The minimum absolute atomic E-state index is 0.154. The van der Waals surface area contributed by atoms with Gasteiger partial charge in [0.2, 0.25) is 5.91 Å². The van der Waals surface area contributed by atoms with Gasteiger partial charge in [-0.1, -0.05) is 42.1 Å². The summed E-state index contributed by atoms with van der Waals surface area (Å²) in [7, 11) is 3.22. The van der Waals surface area contributed by atoms with Gasteiger partial charge in [0, 0.05) is 23.9 Å². The molecular weight excluding hydrogens is 470 g/mol. The average Bonchev–Trinajstić information content (AvgIpc) is 3.49. The lowest BCUT2D eigenvalue weighted by atomic mass is 10.1. The molecule has 4 aromatic rings. The van der Waals surface area contributed by atoms with Crippen LogP contribution in [0, 0.1) is 0 Å². The third kappa shape index (κ3) is 5.57. The Hall–Kier alpha value is -3.37. The highest BCUT2D eigenvalue weighted by molar-refractivity contribution is 7.99. The Balaban J connectivity index is 1.39. The second kappa shape index (κ2) is 11.2. The Morgan fingerprint density at radius 1 is 1.12 bits per heavy atom. The van der Waals surface area contributed by atoms with Gasteiger partial charge < -0.3 is 19.4 Å². The van der Waals surface area contributed by atoms with Gasteiger partial charge in [-0.2, -0.15) is 0 Å². The van der Waals surface area contributed by atoms with Crippen molar-refractivity contribution in [1.29, 1.82) is 0 Å². The Kier molecular flexibility index (Phi) is 7.81. The number of anilines is 1. The molecule has 1 N–H and O–H groups in total. The number of nitrogens with zero attached hydrogens (tertiary/aromatic N) is 4. The first-order chi connectivity index (χ1) is 16.6. The molecule has 0 radical (unpaired) electrons. The maximum absolute atomic E-state index is 12.6. The molecule has 2 heterocycles. The van der Waals surface area contributed by atoms with E-state index < -0.39 is 0 Å². The smallest absolute Gasteiger partial charge is 0.236 e. The van der Waals surface area contributed by atoms with Gasteiger partial charge >= 0.3 is 0 Å². The summed E-state index contributed by atoms with van der Waals surface area (Å²) in [4.78, 5) is 17.1. The van der Waals surface area contributed by atoms with E-state index in [1.54, 1.807) is 14.2 Å². The summed E-state index contributed by atoms with van der Waals surface area (Å²) in [5.74, 6) is 2.33. The zero-order valence-electron chi connectivity index (χ0n) is 19.1. The predicted molar refractivity (Wildman–Crippen MR) is 135 cm³/mol. The van der Waals surface area contributed by atoms with E-state index in [4.69, 9.17) is 9.47 Å². The fraction of sp³-hybridized carbons (Fsp3) is 0.250. The highest BCUT2D eigenvalue weighted by atomic mass is 32.2. The average molecular weight is 496 g/mol. The molecule has 34 heavy (non-hydrogen) atoms. The molecule has 1 amide bonds. The van der Waals surface area contributed by atoms with Crippen LogP contribution in [0.3, 0.4) is 0 Å². The van der Waals surface area contributed by atoms with Crippen LogP contribution < -0.4 is 14.8 Å². The molecule has 0 aliphatic carbocycles. The highest BCUT2D eigenvalue weighted by Gasteiger charge is 2.16. The van der Waals surface area contributed by atoms with Crippen molar-refractivity contribution in [1.82, 2.24) is 19.7 Å². The number of ether oxygens (including phenoxy) is 2. The van der Waals surface area contributed by atoms with E-state index in [1.807, 2.05) is 53.3 Å². The second-order valence-corrected chi connectivity index (χ2v) is 9.05. The molecule has 176 valence electrons. The molecule has 0 saturated heterocycles. The maximum Gasteiger partial charge on any atom is 0.236 e. The van der Waals surface area contributed by atoms with Crippen LogP contribution in [0.2, 0.25) is 0 Å². The number of aromatic nitrogens is 4. The van der Waals surface area contributed by atoms with Gasteiger partial charge in [0.1, 0.15) is 17.3 Å². The lowest BCUT2D eigenvalue weighted by molar-refractivity contribution is -0.113. The highest BCUT2D eigenvalue weighted by Crippen LogP contribution is 2.35. The lowest BCUT2D eigenvalue weighted by Gasteiger charge is -2.08. The molecule has 2 aromatic heterocycles. The molecule has 0 spiro atoms. The molecule has 8 nitrogen and oxygen atoms in total. The van der Waals surface area contributed by atoms with Gasteiger partial charge in [0.05, 0.1) is 25.7 Å². The second-order valence-electron chi connectivity index (χ2n) is 7.25. The van der Waals surface area contributed by atoms with E-state index in [9.17, 15) is 4.79 Å². The Morgan fingerprint density at radius 2 is 1.94 bits per heavy atom. The van der Waals surface area contributed by atoms with Crippen molar-refractivity contribution in [3.63, 3.8) is 0 Å².